The van der Waals surface area contributed by atoms with E-state index < -0.39 is 11.4 Å². The standard InChI is InChI=1S/C13H22N2O3/c1-8-3-4-10(9(8)2)15-12(18)14-7-13(5-6-13)11(16)17/h8-10H,3-7H2,1-2H3,(H,16,17)(H2,14,15,18). The summed E-state index contributed by atoms with van der Waals surface area (Å²) in [7, 11) is 0. The van der Waals surface area contributed by atoms with Crippen molar-refractivity contribution in [2.75, 3.05) is 6.54 Å². The van der Waals surface area contributed by atoms with Gasteiger partial charge in [0.1, 0.15) is 0 Å². The molecule has 102 valence electrons. The molecule has 2 fully saturated rings. The number of hydrogen-bond acceptors (Lipinski definition) is 2. The maximum atomic E-state index is 11.7. The van der Waals surface area contributed by atoms with E-state index >= 15 is 0 Å². The summed E-state index contributed by atoms with van der Waals surface area (Å²) in [6, 6.07) is -0.00606. The molecule has 18 heavy (non-hydrogen) atoms. The Hall–Kier alpha value is -1.26. The van der Waals surface area contributed by atoms with Crippen LogP contribution < -0.4 is 10.6 Å². The molecule has 0 radical (unpaired) electrons. The topological polar surface area (TPSA) is 78.4 Å². The minimum Gasteiger partial charge on any atom is -0.481 e. The first kappa shape index (κ1) is 13.2. The van der Waals surface area contributed by atoms with Crippen molar-refractivity contribution >= 4 is 12.0 Å². The molecular formula is C13H22N2O3. The number of urea groups is 1. The van der Waals surface area contributed by atoms with Gasteiger partial charge in [0.05, 0.1) is 5.41 Å². The average Bonchev–Trinajstić information content (AvgIpc) is 3.06. The van der Waals surface area contributed by atoms with Gasteiger partial charge in [-0.05, 0) is 37.5 Å². The van der Waals surface area contributed by atoms with Crippen LogP contribution in [0.15, 0.2) is 0 Å². The average molecular weight is 254 g/mol. The molecule has 3 unspecified atom stereocenters. The summed E-state index contributed by atoms with van der Waals surface area (Å²) >= 11 is 0. The Morgan fingerprint density at radius 3 is 2.39 bits per heavy atom. The summed E-state index contributed by atoms with van der Waals surface area (Å²) in [5, 5.41) is 14.7. The molecule has 2 aliphatic rings. The van der Waals surface area contributed by atoms with Crippen LogP contribution in [-0.4, -0.2) is 29.7 Å². The lowest BCUT2D eigenvalue weighted by Gasteiger charge is -2.20. The van der Waals surface area contributed by atoms with Crippen LogP contribution in [0.1, 0.15) is 39.5 Å². The van der Waals surface area contributed by atoms with Gasteiger partial charge in [0.25, 0.3) is 0 Å². The zero-order valence-electron chi connectivity index (χ0n) is 11.0. The molecule has 0 heterocycles. The number of carboxylic acid groups (broad SMARTS) is 1. The predicted molar refractivity (Wildman–Crippen MR) is 67.2 cm³/mol. The molecule has 2 aliphatic carbocycles. The number of amides is 2. The summed E-state index contributed by atoms with van der Waals surface area (Å²) in [6.07, 6.45) is 3.49. The number of nitrogens with one attached hydrogen (secondary N) is 2. The quantitative estimate of drug-likeness (QED) is 0.712. The lowest BCUT2D eigenvalue weighted by molar-refractivity contribution is -0.143. The normalized spacial score (nSPS) is 32.9. The molecule has 0 bridgehead atoms. The van der Waals surface area contributed by atoms with Crippen molar-refractivity contribution in [2.24, 2.45) is 17.3 Å². The second kappa shape index (κ2) is 4.78. The van der Waals surface area contributed by atoms with Crippen LogP contribution in [-0.2, 0) is 4.79 Å². The SMILES string of the molecule is CC1CCC(NC(=O)NCC2(C(=O)O)CC2)C1C. The third-order valence-electron chi connectivity index (χ3n) is 4.68. The molecule has 2 saturated carbocycles. The fourth-order valence-corrected chi connectivity index (χ4v) is 2.65. The van der Waals surface area contributed by atoms with Gasteiger partial charge in [-0.25, -0.2) is 4.79 Å². The van der Waals surface area contributed by atoms with Gasteiger partial charge >= 0.3 is 12.0 Å². The Kier molecular flexibility index (Phi) is 3.50. The summed E-state index contributed by atoms with van der Waals surface area (Å²) < 4.78 is 0. The number of aliphatic carboxylic acids is 1. The van der Waals surface area contributed by atoms with Crippen molar-refractivity contribution in [1.82, 2.24) is 10.6 Å². The molecule has 3 N–H and O–H groups in total. The van der Waals surface area contributed by atoms with Gasteiger partial charge in [-0.3, -0.25) is 4.79 Å². The molecule has 0 aromatic rings. The highest BCUT2D eigenvalue weighted by Crippen LogP contribution is 2.45. The predicted octanol–water partition coefficient (Wildman–Crippen LogP) is 1.58. The highest BCUT2D eigenvalue weighted by molar-refractivity contribution is 5.80. The first-order valence-corrected chi connectivity index (χ1v) is 6.72. The fraction of sp³-hybridized carbons (Fsp3) is 0.846. The minimum absolute atomic E-state index is 0.222. The van der Waals surface area contributed by atoms with E-state index in [1.54, 1.807) is 0 Å². The lowest BCUT2D eigenvalue weighted by atomic mass is 9.98. The van der Waals surface area contributed by atoms with Crippen LogP contribution in [0, 0.1) is 17.3 Å². The van der Waals surface area contributed by atoms with E-state index in [0.29, 0.717) is 24.7 Å². The Bertz CT molecular complexity index is 352. The molecule has 0 aliphatic heterocycles. The first-order chi connectivity index (χ1) is 8.44. The van der Waals surface area contributed by atoms with Gasteiger partial charge in [-0.1, -0.05) is 13.8 Å². The van der Waals surface area contributed by atoms with Crippen LogP contribution in [0.2, 0.25) is 0 Å². The van der Waals surface area contributed by atoms with Crippen molar-refractivity contribution in [1.29, 1.82) is 0 Å². The lowest BCUT2D eigenvalue weighted by Crippen LogP contribution is -2.46. The van der Waals surface area contributed by atoms with E-state index in [9.17, 15) is 9.59 Å². The van der Waals surface area contributed by atoms with Gasteiger partial charge in [0.2, 0.25) is 0 Å². The number of carboxylic acids is 1. The van der Waals surface area contributed by atoms with E-state index in [4.69, 9.17) is 5.11 Å². The van der Waals surface area contributed by atoms with Gasteiger partial charge in [-0.2, -0.15) is 0 Å². The molecule has 0 saturated heterocycles. The smallest absolute Gasteiger partial charge is 0.315 e. The van der Waals surface area contributed by atoms with Crippen molar-refractivity contribution in [3.63, 3.8) is 0 Å². The zero-order valence-corrected chi connectivity index (χ0v) is 11.0. The third-order valence-corrected chi connectivity index (χ3v) is 4.68. The minimum atomic E-state index is -0.800. The molecule has 0 aromatic heterocycles. The highest BCUT2D eigenvalue weighted by Gasteiger charge is 2.50. The van der Waals surface area contributed by atoms with Crippen molar-refractivity contribution in [3.8, 4) is 0 Å². The maximum absolute atomic E-state index is 11.7. The monoisotopic (exact) mass is 254 g/mol. The van der Waals surface area contributed by atoms with Crippen LogP contribution in [0.4, 0.5) is 4.79 Å². The van der Waals surface area contributed by atoms with Crippen molar-refractivity contribution in [3.05, 3.63) is 0 Å². The summed E-state index contributed by atoms with van der Waals surface area (Å²) in [6.45, 7) is 4.60. The summed E-state index contributed by atoms with van der Waals surface area (Å²) in [5.74, 6) is 0.333. The van der Waals surface area contributed by atoms with Crippen LogP contribution in [0.3, 0.4) is 0 Å². The molecule has 0 spiro atoms. The Morgan fingerprint density at radius 2 is 1.94 bits per heavy atom. The van der Waals surface area contributed by atoms with E-state index in [2.05, 4.69) is 24.5 Å². The zero-order chi connectivity index (χ0) is 13.3. The van der Waals surface area contributed by atoms with Crippen molar-refractivity contribution < 1.29 is 14.7 Å². The van der Waals surface area contributed by atoms with E-state index in [0.717, 1.165) is 12.8 Å². The highest BCUT2D eigenvalue weighted by atomic mass is 16.4. The number of carbonyl (C=O) groups excluding carboxylic acids is 1. The molecule has 5 heteroatoms. The second-order valence-corrected chi connectivity index (χ2v) is 5.93. The van der Waals surface area contributed by atoms with Gasteiger partial charge in [0.15, 0.2) is 0 Å². The molecule has 5 nitrogen and oxygen atoms in total. The molecule has 2 amide bonds. The molecule has 3 atom stereocenters. The Morgan fingerprint density at radius 1 is 1.28 bits per heavy atom. The molecular weight excluding hydrogens is 232 g/mol. The van der Waals surface area contributed by atoms with Gasteiger partial charge in [0, 0.05) is 12.6 Å². The number of carbonyl (C=O) groups is 2. The Labute approximate surface area is 107 Å². The van der Waals surface area contributed by atoms with Crippen LogP contribution in [0.25, 0.3) is 0 Å². The van der Waals surface area contributed by atoms with E-state index in [-0.39, 0.29) is 18.6 Å². The van der Waals surface area contributed by atoms with Gasteiger partial charge < -0.3 is 15.7 Å². The maximum Gasteiger partial charge on any atom is 0.315 e. The second-order valence-electron chi connectivity index (χ2n) is 5.93. The fourth-order valence-electron chi connectivity index (χ4n) is 2.65. The van der Waals surface area contributed by atoms with Crippen LogP contribution in [0.5, 0.6) is 0 Å². The Balaban J connectivity index is 1.75. The van der Waals surface area contributed by atoms with Crippen molar-refractivity contribution in [2.45, 2.75) is 45.6 Å². The number of rotatable bonds is 4. The van der Waals surface area contributed by atoms with Crippen LogP contribution >= 0.6 is 0 Å². The number of hydrogen-bond donors (Lipinski definition) is 3. The molecule has 2 rings (SSSR count). The third kappa shape index (κ3) is 2.60. The largest absolute Gasteiger partial charge is 0.481 e. The van der Waals surface area contributed by atoms with Gasteiger partial charge in [-0.15, -0.1) is 0 Å². The summed E-state index contributed by atoms with van der Waals surface area (Å²) in [5.41, 5.74) is -0.689. The molecule has 0 aromatic carbocycles. The summed E-state index contributed by atoms with van der Waals surface area (Å²) in [4.78, 5) is 22.7. The van der Waals surface area contributed by atoms with E-state index in [1.165, 1.54) is 0 Å². The van der Waals surface area contributed by atoms with E-state index in [1.807, 2.05) is 0 Å². The first-order valence-electron chi connectivity index (χ1n) is 6.72.